The summed E-state index contributed by atoms with van der Waals surface area (Å²) >= 11 is 22.1. The highest BCUT2D eigenvalue weighted by atomic mass is 79.9. The van der Waals surface area contributed by atoms with Crippen LogP contribution in [0.4, 0.5) is 0 Å². The summed E-state index contributed by atoms with van der Waals surface area (Å²) in [7, 11) is 0. The maximum atomic E-state index is 13.8. The van der Waals surface area contributed by atoms with Gasteiger partial charge in [-0.15, -0.1) is 0 Å². The van der Waals surface area contributed by atoms with Crippen LogP contribution in [0.15, 0.2) is 71.2 Å². The van der Waals surface area contributed by atoms with Crippen molar-refractivity contribution in [3.05, 3.63) is 97.4 Å². The van der Waals surface area contributed by atoms with Crippen LogP contribution in [0, 0.1) is 0 Å². The molecule has 200 valence electrons. The van der Waals surface area contributed by atoms with Crippen molar-refractivity contribution in [2.75, 3.05) is 6.61 Å². The zero-order valence-corrected chi connectivity index (χ0v) is 24.5. The van der Waals surface area contributed by atoms with Gasteiger partial charge in [-0.1, -0.05) is 84.0 Å². The third kappa shape index (κ3) is 7.89. The van der Waals surface area contributed by atoms with Gasteiger partial charge in [-0.3, -0.25) is 9.59 Å². The second-order valence-corrected chi connectivity index (χ2v) is 11.5. The van der Waals surface area contributed by atoms with Crippen LogP contribution in [-0.4, -0.2) is 35.4 Å². The molecular weight excluding hydrogens is 611 g/mol. The number of amides is 2. The Kier molecular flexibility index (Phi) is 10.4. The Morgan fingerprint density at radius 3 is 2.34 bits per heavy atom. The molecule has 4 rings (SSSR count). The number of nitrogens with one attached hydrogen (secondary N) is 1. The van der Waals surface area contributed by atoms with Gasteiger partial charge in [-0.25, -0.2) is 0 Å². The second-order valence-electron chi connectivity index (χ2n) is 9.32. The summed E-state index contributed by atoms with van der Waals surface area (Å²) in [6.07, 6.45) is 4.40. The molecule has 0 saturated heterocycles. The lowest BCUT2D eigenvalue weighted by Gasteiger charge is -2.32. The van der Waals surface area contributed by atoms with Crippen LogP contribution in [-0.2, 0) is 22.6 Å². The topological polar surface area (TPSA) is 58.6 Å². The van der Waals surface area contributed by atoms with Gasteiger partial charge in [0.1, 0.15) is 11.8 Å². The molecule has 0 unspecified atom stereocenters. The van der Waals surface area contributed by atoms with Gasteiger partial charge < -0.3 is 15.0 Å². The van der Waals surface area contributed by atoms with Crippen molar-refractivity contribution in [1.82, 2.24) is 10.2 Å². The van der Waals surface area contributed by atoms with Crippen molar-refractivity contribution in [3.8, 4) is 5.75 Å². The molecule has 3 aromatic carbocycles. The van der Waals surface area contributed by atoms with Gasteiger partial charge in [-0.2, -0.15) is 0 Å². The van der Waals surface area contributed by atoms with Gasteiger partial charge in [-0.05, 0) is 70.2 Å². The Bertz CT molecular complexity index is 1270. The zero-order chi connectivity index (χ0) is 27.1. The predicted molar refractivity (Wildman–Crippen MR) is 156 cm³/mol. The van der Waals surface area contributed by atoms with Gasteiger partial charge in [0.15, 0.2) is 6.61 Å². The molecule has 5 nitrogen and oxygen atoms in total. The first-order valence-electron chi connectivity index (χ1n) is 12.5. The quantitative estimate of drug-likeness (QED) is 0.251. The van der Waals surface area contributed by atoms with Crippen molar-refractivity contribution in [1.29, 1.82) is 0 Å². The average Bonchev–Trinajstić information content (AvgIpc) is 3.40. The van der Waals surface area contributed by atoms with E-state index in [1.165, 1.54) is 0 Å². The van der Waals surface area contributed by atoms with E-state index in [2.05, 4.69) is 21.2 Å². The Hall–Kier alpha value is -2.25. The standard InChI is InChI=1S/C29H28BrCl3N2O3/c30-24-15-21(31)12-13-27(24)38-18-28(36)35(17-20-10-11-22(32)16-25(20)33)26(14-19-6-2-1-3-7-19)29(37)34-23-8-4-5-9-23/h1-3,6-7,10-13,15-16,23,26H,4-5,8-9,14,17-18H2,(H,34,37)/t26-/m0/s1. The number of ether oxygens (including phenoxy) is 1. The Morgan fingerprint density at radius 2 is 1.66 bits per heavy atom. The molecule has 3 aromatic rings. The summed E-state index contributed by atoms with van der Waals surface area (Å²) in [6.45, 7) is -0.150. The molecule has 2 amide bonds. The van der Waals surface area contributed by atoms with E-state index in [-0.39, 0.29) is 31.0 Å². The monoisotopic (exact) mass is 636 g/mol. The Morgan fingerprint density at radius 1 is 0.974 bits per heavy atom. The minimum atomic E-state index is -0.769. The van der Waals surface area contributed by atoms with E-state index in [1.807, 2.05) is 30.3 Å². The molecule has 0 aromatic heterocycles. The van der Waals surface area contributed by atoms with Gasteiger partial charge in [0, 0.05) is 34.1 Å². The first-order valence-corrected chi connectivity index (χ1v) is 14.4. The summed E-state index contributed by atoms with van der Waals surface area (Å²) in [5.74, 6) is -0.0607. The van der Waals surface area contributed by atoms with E-state index < -0.39 is 6.04 Å². The Balaban J connectivity index is 1.64. The van der Waals surface area contributed by atoms with Crippen molar-refractivity contribution < 1.29 is 14.3 Å². The maximum Gasteiger partial charge on any atom is 0.261 e. The lowest BCUT2D eigenvalue weighted by atomic mass is 10.0. The van der Waals surface area contributed by atoms with E-state index in [0.29, 0.717) is 37.3 Å². The van der Waals surface area contributed by atoms with Gasteiger partial charge >= 0.3 is 0 Å². The number of rotatable bonds is 10. The van der Waals surface area contributed by atoms with E-state index in [4.69, 9.17) is 39.5 Å². The maximum absolute atomic E-state index is 13.8. The molecule has 0 radical (unpaired) electrons. The summed E-state index contributed by atoms with van der Waals surface area (Å²) in [4.78, 5) is 29.0. The molecule has 1 aliphatic rings. The van der Waals surface area contributed by atoms with Crippen LogP contribution < -0.4 is 10.1 Å². The SMILES string of the molecule is O=C(NC1CCCC1)[C@H](Cc1ccccc1)N(Cc1ccc(Cl)cc1Cl)C(=O)COc1ccc(Cl)cc1Br. The molecule has 0 spiro atoms. The molecule has 0 aliphatic heterocycles. The number of hydrogen-bond acceptors (Lipinski definition) is 3. The zero-order valence-electron chi connectivity index (χ0n) is 20.6. The molecule has 1 N–H and O–H groups in total. The summed E-state index contributed by atoms with van der Waals surface area (Å²) < 4.78 is 6.48. The van der Waals surface area contributed by atoms with E-state index in [9.17, 15) is 9.59 Å². The number of nitrogens with zero attached hydrogens (tertiary/aromatic N) is 1. The Labute approximate surface area is 246 Å². The number of benzene rings is 3. The lowest BCUT2D eigenvalue weighted by Crippen LogP contribution is -2.53. The molecule has 1 saturated carbocycles. The van der Waals surface area contributed by atoms with Gasteiger partial charge in [0.25, 0.3) is 5.91 Å². The molecule has 1 aliphatic carbocycles. The van der Waals surface area contributed by atoms with Crippen LogP contribution >= 0.6 is 50.7 Å². The highest BCUT2D eigenvalue weighted by molar-refractivity contribution is 9.10. The largest absolute Gasteiger partial charge is 0.483 e. The third-order valence-electron chi connectivity index (χ3n) is 6.57. The molecule has 1 atom stereocenters. The summed E-state index contributed by atoms with van der Waals surface area (Å²) in [5.41, 5.74) is 1.63. The van der Waals surface area contributed by atoms with E-state index in [0.717, 1.165) is 31.2 Å². The summed E-state index contributed by atoms with van der Waals surface area (Å²) in [6, 6.07) is 19.2. The third-order valence-corrected chi connectivity index (χ3v) is 8.02. The number of hydrogen-bond donors (Lipinski definition) is 1. The van der Waals surface area contributed by atoms with E-state index >= 15 is 0 Å². The van der Waals surface area contributed by atoms with Gasteiger partial charge in [0.05, 0.1) is 4.47 Å². The van der Waals surface area contributed by atoms with Crippen molar-refractivity contribution in [2.45, 2.75) is 50.7 Å². The number of carbonyl (C=O) groups is 2. The first kappa shape index (κ1) is 28.8. The molecule has 0 heterocycles. The fourth-order valence-electron chi connectivity index (χ4n) is 4.57. The minimum absolute atomic E-state index is 0.109. The van der Waals surface area contributed by atoms with Crippen LogP contribution in [0.3, 0.4) is 0 Å². The van der Waals surface area contributed by atoms with Crippen molar-refractivity contribution in [3.63, 3.8) is 0 Å². The van der Waals surface area contributed by atoms with Crippen molar-refractivity contribution in [2.24, 2.45) is 0 Å². The molecule has 0 bridgehead atoms. The van der Waals surface area contributed by atoms with Crippen LogP contribution in [0.5, 0.6) is 5.75 Å². The molecule has 38 heavy (non-hydrogen) atoms. The van der Waals surface area contributed by atoms with Crippen LogP contribution in [0.1, 0.15) is 36.8 Å². The van der Waals surface area contributed by atoms with Gasteiger partial charge in [0.2, 0.25) is 5.91 Å². The number of halogens is 4. The van der Waals surface area contributed by atoms with E-state index in [1.54, 1.807) is 41.3 Å². The summed E-state index contributed by atoms with van der Waals surface area (Å²) in [5, 5.41) is 4.64. The highest BCUT2D eigenvalue weighted by Crippen LogP contribution is 2.29. The average molecular weight is 639 g/mol. The molecule has 9 heteroatoms. The normalized spacial score (nSPS) is 14.2. The fraction of sp³-hybridized carbons (Fsp3) is 0.310. The molecule has 1 fully saturated rings. The fourth-order valence-corrected chi connectivity index (χ4v) is 5.83. The minimum Gasteiger partial charge on any atom is -0.483 e. The van der Waals surface area contributed by atoms with Crippen molar-refractivity contribution >= 4 is 62.5 Å². The first-order chi connectivity index (χ1) is 18.3. The highest BCUT2D eigenvalue weighted by Gasteiger charge is 2.33. The van der Waals surface area contributed by atoms with Crippen LogP contribution in [0.25, 0.3) is 0 Å². The lowest BCUT2D eigenvalue weighted by molar-refractivity contribution is -0.143. The molecular formula is C29H28BrCl3N2O3. The number of carbonyl (C=O) groups excluding carboxylic acids is 2. The van der Waals surface area contributed by atoms with Crippen LogP contribution in [0.2, 0.25) is 15.1 Å². The second kappa shape index (κ2) is 13.7. The predicted octanol–water partition coefficient (Wildman–Crippen LogP) is 7.49. The smallest absolute Gasteiger partial charge is 0.261 e.